The Hall–Kier alpha value is -1.80. The van der Waals surface area contributed by atoms with Crippen LogP contribution >= 0.6 is 15.9 Å². The van der Waals surface area contributed by atoms with E-state index in [2.05, 4.69) is 58.4 Å². The van der Waals surface area contributed by atoms with Crippen LogP contribution < -0.4 is 0 Å². The Bertz CT molecular complexity index is 745. The molecule has 0 saturated carbocycles. The van der Waals surface area contributed by atoms with Gasteiger partial charge in [0.2, 0.25) is 0 Å². The van der Waals surface area contributed by atoms with E-state index >= 15 is 0 Å². The maximum atomic E-state index is 10.5. The maximum absolute atomic E-state index is 10.5. The Kier molecular flexibility index (Phi) is 3.42. The van der Waals surface area contributed by atoms with Crippen LogP contribution in [0, 0.1) is 0 Å². The summed E-state index contributed by atoms with van der Waals surface area (Å²) in [7, 11) is 0. The highest BCUT2D eigenvalue weighted by Gasteiger charge is 2.16. The molecule has 0 bridgehead atoms. The number of allylic oxidation sites excluding steroid dienone is 2. The highest BCUT2D eigenvalue weighted by molar-refractivity contribution is 9.10. The smallest absolute Gasteiger partial charge is 0.124 e. The zero-order valence-corrected chi connectivity index (χ0v) is 13.9. The van der Waals surface area contributed by atoms with E-state index in [-0.39, 0.29) is 0 Å². The molecule has 0 amide bonds. The predicted octanol–water partition coefficient (Wildman–Crippen LogP) is 5.74. The molecule has 2 aliphatic rings. The molecule has 2 heteroatoms. The first-order valence-corrected chi connectivity index (χ1v) is 8.53. The quantitative estimate of drug-likeness (QED) is 0.693. The van der Waals surface area contributed by atoms with Crippen LogP contribution in [-0.4, -0.2) is 5.11 Å². The van der Waals surface area contributed by atoms with E-state index in [1.165, 1.54) is 16.7 Å². The topological polar surface area (TPSA) is 20.2 Å². The number of rotatable bonds is 1. The second-order valence-corrected chi connectivity index (χ2v) is 6.84. The molecular formula is C20H17BrO. The molecule has 2 aliphatic carbocycles. The summed E-state index contributed by atoms with van der Waals surface area (Å²) in [6, 6.07) is 8.44. The second kappa shape index (κ2) is 5.44. The second-order valence-electron chi connectivity index (χ2n) is 5.98. The van der Waals surface area contributed by atoms with Gasteiger partial charge in [0.15, 0.2) is 0 Å². The number of aryl methyl sites for hydroxylation is 2. The number of benzene rings is 2. The highest BCUT2D eigenvalue weighted by atomic mass is 79.9. The Morgan fingerprint density at radius 3 is 2.05 bits per heavy atom. The third kappa shape index (κ3) is 2.32. The molecule has 0 atom stereocenters. The van der Waals surface area contributed by atoms with E-state index in [1.807, 2.05) is 6.07 Å². The number of fused-ring (bicyclic) bond motifs is 2. The van der Waals surface area contributed by atoms with Crippen LogP contribution in [0.5, 0.6) is 5.75 Å². The van der Waals surface area contributed by atoms with Gasteiger partial charge >= 0.3 is 0 Å². The largest absolute Gasteiger partial charge is 0.507 e. The lowest BCUT2D eigenvalue weighted by Gasteiger charge is -2.18. The third-order valence-electron chi connectivity index (χ3n) is 4.53. The molecule has 0 heterocycles. The molecule has 4 rings (SSSR count). The van der Waals surface area contributed by atoms with E-state index in [0.717, 1.165) is 46.8 Å². The lowest BCUT2D eigenvalue weighted by atomic mass is 9.89. The molecule has 0 spiro atoms. The van der Waals surface area contributed by atoms with Crippen molar-refractivity contribution in [2.45, 2.75) is 25.7 Å². The van der Waals surface area contributed by atoms with Crippen molar-refractivity contribution in [1.29, 1.82) is 0 Å². The predicted molar refractivity (Wildman–Crippen MR) is 96.0 cm³/mol. The van der Waals surface area contributed by atoms with Crippen LogP contribution in [-0.2, 0) is 12.8 Å². The molecule has 0 radical (unpaired) electrons. The fraction of sp³-hybridized carbons (Fsp3) is 0.200. The molecule has 0 fully saturated rings. The minimum absolute atomic E-state index is 0.359. The number of halogens is 1. The first-order valence-electron chi connectivity index (χ1n) is 7.74. The van der Waals surface area contributed by atoms with Crippen LogP contribution in [0.2, 0.25) is 0 Å². The zero-order valence-electron chi connectivity index (χ0n) is 12.3. The van der Waals surface area contributed by atoms with Crippen LogP contribution in [0.1, 0.15) is 35.1 Å². The lowest BCUT2D eigenvalue weighted by molar-refractivity contribution is 0.477. The fourth-order valence-electron chi connectivity index (χ4n) is 3.35. The van der Waals surface area contributed by atoms with Crippen molar-refractivity contribution in [3.05, 3.63) is 63.1 Å². The van der Waals surface area contributed by atoms with Crippen LogP contribution in [0.3, 0.4) is 0 Å². The van der Waals surface area contributed by atoms with Gasteiger partial charge in [-0.1, -0.05) is 40.2 Å². The Morgan fingerprint density at radius 1 is 0.773 bits per heavy atom. The molecule has 1 nitrogen and oxygen atoms in total. The summed E-state index contributed by atoms with van der Waals surface area (Å²) in [6.07, 6.45) is 13.0. The first-order chi connectivity index (χ1) is 10.7. The molecule has 2 aromatic carbocycles. The Labute approximate surface area is 139 Å². The van der Waals surface area contributed by atoms with Gasteiger partial charge in [-0.15, -0.1) is 0 Å². The van der Waals surface area contributed by atoms with Crippen molar-refractivity contribution in [2.24, 2.45) is 0 Å². The molecular weight excluding hydrogens is 336 g/mol. The maximum Gasteiger partial charge on any atom is 0.124 e. The van der Waals surface area contributed by atoms with Gasteiger partial charge < -0.3 is 5.11 Å². The number of phenols is 1. The molecule has 0 aromatic heterocycles. The van der Waals surface area contributed by atoms with Gasteiger partial charge in [-0.25, -0.2) is 0 Å². The van der Waals surface area contributed by atoms with E-state index in [0.29, 0.717) is 5.75 Å². The number of phenolic OH excluding ortho intramolecular Hbond substituents is 1. The molecule has 0 unspecified atom stereocenters. The van der Waals surface area contributed by atoms with E-state index in [4.69, 9.17) is 0 Å². The summed E-state index contributed by atoms with van der Waals surface area (Å²) >= 11 is 3.68. The minimum Gasteiger partial charge on any atom is -0.507 e. The van der Waals surface area contributed by atoms with Crippen molar-refractivity contribution in [3.63, 3.8) is 0 Å². The minimum atomic E-state index is 0.359. The van der Waals surface area contributed by atoms with Crippen molar-refractivity contribution in [1.82, 2.24) is 0 Å². The Morgan fingerprint density at radius 2 is 1.36 bits per heavy atom. The van der Waals surface area contributed by atoms with E-state index in [1.54, 1.807) is 0 Å². The standard InChI is InChI=1S/C20H17BrO/c21-19-11-15-7-3-1-5-13(15)9-17(19)18-10-14-6-2-4-8-16(14)12-20(18)22/h3-4,7-12,22H,1-2,5-6H2. The van der Waals surface area contributed by atoms with Crippen molar-refractivity contribution in [3.8, 4) is 16.9 Å². The van der Waals surface area contributed by atoms with Crippen molar-refractivity contribution >= 4 is 28.1 Å². The average molecular weight is 353 g/mol. The fourth-order valence-corrected chi connectivity index (χ4v) is 3.92. The summed E-state index contributed by atoms with van der Waals surface area (Å²) < 4.78 is 1.04. The van der Waals surface area contributed by atoms with Gasteiger partial charge in [0.25, 0.3) is 0 Å². The molecule has 2 aromatic rings. The van der Waals surface area contributed by atoms with E-state index < -0.39 is 0 Å². The van der Waals surface area contributed by atoms with Gasteiger partial charge in [-0.05, 0) is 77.8 Å². The van der Waals surface area contributed by atoms with Gasteiger partial charge in [0, 0.05) is 10.0 Å². The van der Waals surface area contributed by atoms with Crippen LogP contribution in [0.15, 0.2) is 40.9 Å². The third-order valence-corrected chi connectivity index (χ3v) is 5.19. The van der Waals surface area contributed by atoms with Crippen LogP contribution in [0.25, 0.3) is 23.3 Å². The lowest BCUT2D eigenvalue weighted by Crippen LogP contribution is -1.98. The van der Waals surface area contributed by atoms with Crippen molar-refractivity contribution < 1.29 is 5.11 Å². The summed E-state index contributed by atoms with van der Waals surface area (Å²) in [5, 5.41) is 10.5. The normalized spacial score (nSPS) is 15.5. The molecule has 1 N–H and O–H groups in total. The summed E-state index contributed by atoms with van der Waals surface area (Å²) in [5.74, 6) is 0.359. The summed E-state index contributed by atoms with van der Waals surface area (Å²) in [4.78, 5) is 0. The summed E-state index contributed by atoms with van der Waals surface area (Å²) in [5.41, 5.74) is 7.12. The number of aromatic hydroxyl groups is 1. The molecule has 0 saturated heterocycles. The first kappa shape index (κ1) is 13.8. The zero-order chi connectivity index (χ0) is 15.1. The van der Waals surface area contributed by atoms with Gasteiger partial charge in [-0.2, -0.15) is 0 Å². The molecule has 0 aliphatic heterocycles. The Balaban J connectivity index is 1.89. The average Bonchev–Trinajstić information content (AvgIpc) is 2.54. The number of hydrogen-bond acceptors (Lipinski definition) is 1. The molecule has 110 valence electrons. The van der Waals surface area contributed by atoms with Crippen LogP contribution in [0.4, 0.5) is 0 Å². The number of hydrogen-bond donors (Lipinski definition) is 1. The molecule has 22 heavy (non-hydrogen) atoms. The van der Waals surface area contributed by atoms with Gasteiger partial charge in [0.1, 0.15) is 5.75 Å². The van der Waals surface area contributed by atoms with Crippen molar-refractivity contribution in [2.75, 3.05) is 0 Å². The SMILES string of the molecule is Oc1cc2c(cc1-c1cc3c(cc1Br)C=CCC3)CCC=C2. The highest BCUT2D eigenvalue weighted by Crippen LogP contribution is 2.40. The monoisotopic (exact) mass is 352 g/mol. The van der Waals surface area contributed by atoms with Gasteiger partial charge in [0.05, 0.1) is 0 Å². The summed E-state index contributed by atoms with van der Waals surface area (Å²) in [6.45, 7) is 0. The van der Waals surface area contributed by atoms with Gasteiger partial charge in [-0.3, -0.25) is 0 Å². The van der Waals surface area contributed by atoms with E-state index in [9.17, 15) is 5.11 Å².